The molecular formula is C28H31N7O3. The summed E-state index contributed by atoms with van der Waals surface area (Å²) in [5.41, 5.74) is 4.62. The van der Waals surface area contributed by atoms with E-state index in [1.54, 1.807) is 17.3 Å². The Hall–Kier alpha value is -4.44. The molecule has 1 aliphatic rings. The number of Topliss-reactive ketones (excluding diaryl/α,β-unsaturated/α-hetero) is 1. The molecule has 3 heterocycles. The molecule has 4 rings (SSSR count). The summed E-state index contributed by atoms with van der Waals surface area (Å²) in [6, 6.07) is 9.09. The number of fused-ring (bicyclic) bond motifs is 1. The summed E-state index contributed by atoms with van der Waals surface area (Å²) in [7, 11) is 5.16. The molecule has 0 saturated carbocycles. The van der Waals surface area contributed by atoms with Gasteiger partial charge in [0.15, 0.2) is 5.78 Å². The largest absolute Gasteiger partial charge is 0.480 e. The Kier molecular flexibility index (Phi) is 8.22. The average molecular weight is 514 g/mol. The molecule has 0 bridgehead atoms. The highest BCUT2D eigenvalue weighted by molar-refractivity contribution is 6.39. The van der Waals surface area contributed by atoms with E-state index in [9.17, 15) is 9.59 Å². The minimum Gasteiger partial charge on any atom is -0.480 e. The number of carbonyl (C=O) groups is 2. The molecule has 3 N–H and O–H groups in total. The molecule has 1 aromatic carbocycles. The lowest BCUT2D eigenvalue weighted by molar-refractivity contribution is -0.113. The van der Waals surface area contributed by atoms with E-state index in [0.29, 0.717) is 29.5 Å². The third-order valence-electron chi connectivity index (χ3n) is 6.21. The molecule has 0 saturated heterocycles. The molecule has 0 fully saturated rings. The molecule has 0 radical (unpaired) electrons. The number of methoxy groups -OCH3 is 1. The first kappa shape index (κ1) is 26.6. The number of hydrogen-bond donors (Lipinski definition) is 3. The first-order valence-corrected chi connectivity index (χ1v) is 12.2. The van der Waals surface area contributed by atoms with Gasteiger partial charge >= 0.3 is 0 Å². The molecular weight excluding hydrogens is 482 g/mol. The predicted molar refractivity (Wildman–Crippen MR) is 147 cm³/mol. The average Bonchev–Trinajstić information content (AvgIpc) is 2.92. The van der Waals surface area contributed by atoms with Crippen LogP contribution in [0, 0.1) is 5.41 Å². The van der Waals surface area contributed by atoms with E-state index in [1.807, 2.05) is 57.4 Å². The minimum absolute atomic E-state index is 0.0114. The van der Waals surface area contributed by atoms with E-state index in [-0.39, 0.29) is 24.0 Å². The van der Waals surface area contributed by atoms with Gasteiger partial charge in [0.1, 0.15) is 23.8 Å². The maximum atomic E-state index is 12.2. The van der Waals surface area contributed by atoms with Crippen LogP contribution in [-0.4, -0.2) is 65.4 Å². The van der Waals surface area contributed by atoms with Crippen LogP contribution in [0.25, 0.3) is 17.5 Å². The number of aldehydes is 1. The van der Waals surface area contributed by atoms with E-state index in [4.69, 9.17) is 15.1 Å². The highest BCUT2D eigenvalue weighted by Gasteiger charge is 2.23. The first-order valence-electron chi connectivity index (χ1n) is 12.2. The Labute approximate surface area is 221 Å². The van der Waals surface area contributed by atoms with Gasteiger partial charge in [-0.25, -0.2) is 9.97 Å². The lowest BCUT2D eigenvalue weighted by Crippen LogP contribution is -2.28. The number of nitrogens with one attached hydrogen (secondary N) is 3. The van der Waals surface area contributed by atoms with Gasteiger partial charge in [-0.15, -0.1) is 0 Å². The van der Waals surface area contributed by atoms with Crippen LogP contribution < -0.4 is 15.4 Å². The second kappa shape index (κ2) is 11.7. The van der Waals surface area contributed by atoms with E-state index in [0.717, 1.165) is 28.7 Å². The maximum absolute atomic E-state index is 12.2. The van der Waals surface area contributed by atoms with Gasteiger partial charge in [0.25, 0.3) is 0 Å². The molecule has 10 heteroatoms. The molecule has 0 amide bonds. The van der Waals surface area contributed by atoms with E-state index in [1.165, 1.54) is 13.3 Å². The fourth-order valence-corrected chi connectivity index (χ4v) is 4.22. The van der Waals surface area contributed by atoms with Crippen molar-refractivity contribution >= 4 is 35.4 Å². The molecule has 196 valence electrons. The van der Waals surface area contributed by atoms with Gasteiger partial charge in [-0.3, -0.25) is 9.78 Å². The van der Waals surface area contributed by atoms with Crippen molar-refractivity contribution in [2.24, 2.45) is 0 Å². The number of anilines is 2. The van der Waals surface area contributed by atoms with Gasteiger partial charge < -0.3 is 30.5 Å². The number of likely N-dealkylation sites (N-methyl/N-ethyl adjacent to an activating group) is 1. The third kappa shape index (κ3) is 6.09. The molecule has 1 aliphatic heterocycles. The van der Waals surface area contributed by atoms with E-state index in [2.05, 4.69) is 20.6 Å². The second-order valence-corrected chi connectivity index (χ2v) is 9.41. The Bertz CT molecular complexity index is 1370. The second-order valence-electron chi connectivity index (χ2n) is 9.41. The number of rotatable bonds is 11. The van der Waals surface area contributed by atoms with Gasteiger partial charge in [-0.1, -0.05) is 19.1 Å². The Balaban J connectivity index is 1.60. The van der Waals surface area contributed by atoms with Crippen molar-refractivity contribution < 1.29 is 14.3 Å². The van der Waals surface area contributed by atoms with Crippen LogP contribution >= 0.6 is 0 Å². The van der Waals surface area contributed by atoms with Crippen LogP contribution in [0.1, 0.15) is 42.0 Å². The lowest BCUT2D eigenvalue weighted by Gasteiger charge is -2.23. The van der Waals surface area contributed by atoms with Crippen molar-refractivity contribution in [2.45, 2.75) is 25.3 Å². The molecule has 3 aromatic rings. The van der Waals surface area contributed by atoms with E-state index >= 15 is 0 Å². The number of aromatic nitrogens is 3. The SMILES string of the molecule is COc1cncc(-c2cc3c(c(Nc4ccc(C(C)CC(=N)C(=O)CN(C)C)cc4)n2)C(C=O)NC=C3)n1. The lowest BCUT2D eigenvalue weighted by atomic mass is 9.93. The van der Waals surface area contributed by atoms with Gasteiger partial charge in [-0.2, -0.15) is 0 Å². The zero-order valence-corrected chi connectivity index (χ0v) is 21.9. The quantitative estimate of drug-likeness (QED) is 0.259. The van der Waals surface area contributed by atoms with Crippen LogP contribution in [0.5, 0.6) is 5.88 Å². The van der Waals surface area contributed by atoms with Crippen LogP contribution in [-0.2, 0) is 9.59 Å². The molecule has 10 nitrogen and oxygen atoms in total. The molecule has 2 unspecified atom stereocenters. The Morgan fingerprint density at radius 1 is 1.21 bits per heavy atom. The molecule has 2 atom stereocenters. The molecule has 0 spiro atoms. The van der Waals surface area contributed by atoms with Crippen LogP contribution in [0.3, 0.4) is 0 Å². The normalized spacial score (nSPS) is 14.8. The number of carbonyl (C=O) groups excluding carboxylic acids is 2. The van der Waals surface area contributed by atoms with Gasteiger partial charge in [0.2, 0.25) is 5.88 Å². The summed E-state index contributed by atoms with van der Waals surface area (Å²) in [6.07, 6.45) is 7.98. The van der Waals surface area contributed by atoms with Crippen molar-refractivity contribution in [1.82, 2.24) is 25.2 Å². The monoisotopic (exact) mass is 513 g/mol. The number of ketones is 1. The van der Waals surface area contributed by atoms with Gasteiger partial charge in [0, 0.05) is 11.3 Å². The Morgan fingerprint density at radius 3 is 2.66 bits per heavy atom. The molecule has 38 heavy (non-hydrogen) atoms. The number of hydrogen-bond acceptors (Lipinski definition) is 10. The summed E-state index contributed by atoms with van der Waals surface area (Å²) in [5, 5.41) is 14.6. The number of benzene rings is 1. The highest BCUT2D eigenvalue weighted by Crippen LogP contribution is 2.34. The fraction of sp³-hybridized carbons (Fsp3) is 0.286. The van der Waals surface area contributed by atoms with Crippen molar-refractivity contribution in [3.05, 3.63) is 65.6 Å². The summed E-state index contributed by atoms with van der Waals surface area (Å²) in [4.78, 5) is 39.2. The highest BCUT2D eigenvalue weighted by atomic mass is 16.5. The Morgan fingerprint density at radius 2 is 1.97 bits per heavy atom. The summed E-state index contributed by atoms with van der Waals surface area (Å²) in [6.45, 7) is 2.24. The zero-order chi connectivity index (χ0) is 27.2. The van der Waals surface area contributed by atoms with Crippen molar-refractivity contribution in [2.75, 3.05) is 33.1 Å². The fourth-order valence-electron chi connectivity index (χ4n) is 4.22. The van der Waals surface area contributed by atoms with Crippen LogP contribution in [0.15, 0.2) is 48.9 Å². The number of ether oxygens (including phenoxy) is 1. The van der Waals surface area contributed by atoms with Crippen molar-refractivity contribution in [1.29, 1.82) is 5.41 Å². The summed E-state index contributed by atoms with van der Waals surface area (Å²) in [5.74, 6) is 0.745. The minimum atomic E-state index is -0.555. The van der Waals surface area contributed by atoms with Crippen LogP contribution in [0.4, 0.5) is 11.5 Å². The number of nitrogens with zero attached hydrogens (tertiary/aromatic N) is 4. The smallest absolute Gasteiger partial charge is 0.232 e. The first-order chi connectivity index (χ1) is 18.3. The summed E-state index contributed by atoms with van der Waals surface area (Å²) >= 11 is 0. The standard InChI is InChI=1S/C28H31N7O3/c1-17(11-21(29)25(37)15-35(2)3)18-5-7-20(8-6-18)32-28-27-19(9-10-31-24(27)16-36)12-22(34-28)23-13-30-14-26(33-23)38-4/h5-10,12-14,16-17,24,29,31H,11,15H2,1-4H3,(H,32,34). The third-order valence-corrected chi connectivity index (χ3v) is 6.21. The maximum Gasteiger partial charge on any atom is 0.232 e. The van der Waals surface area contributed by atoms with Crippen molar-refractivity contribution in [3.8, 4) is 17.3 Å². The van der Waals surface area contributed by atoms with Gasteiger partial charge in [0.05, 0.1) is 37.5 Å². The van der Waals surface area contributed by atoms with Gasteiger partial charge in [-0.05, 0) is 68.0 Å². The zero-order valence-electron chi connectivity index (χ0n) is 21.9. The van der Waals surface area contributed by atoms with Crippen molar-refractivity contribution in [3.63, 3.8) is 0 Å². The van der Waals surface area contributed by atoms with E-state index < -0.39 is 6.04 Å². The number of pyridine rings is 1. The molecule has 2 aromatic heterocycles. The summed E-state index contributed by atoms with van der Waals surface area (Å²) < 4.78 is 5.21. The van der Waals surface area contributed by atoms with Crippen LogP contribution in [0.2, 0.25) is 0 Å². The predicted octanol–water partition coefficient (Wildman–Crippen LogP) is 3.75. The topological polar surface area (TPSA) is 133 Å². The molecule has 0 aliphatic carbocycles.